The summed E-state index contributed by atoms with van der Waals surface area (Å²) >= 11 is 3.83. The summed E-state index contributed by atoms with van der Waals surface area (Å²) in [5.41, 5.74) is 10.6. The molecule has 0 aliphatic rings. The Hall–Kier alpha value is -4.88. The van der Waals surface area contributed by atoms with E-state index in [1.54, 1.807) is 0 Å². The molecule has 0 saturated heterocycles. The van der Waals surface area contributed by atoms with E-state index < -0.39 is 0 Å². The quantitative estimate of drug-likeness (QED) is 0.213. The Morgan fingerprint density at radius 1 is 0.436 bits per heavy atom. The molecule has 0 aliphatic heterocycles. The van der Waals surface area contributed by atoms with Crippen molar-refractivity contribution in [1.29, 1.82) is 0 Å². The van der Waals surface area contributed by atoms with Crippen molar-refractivity contribution >= 4 is 71.6 Å². The fraction of sp³-hybridized carbons (Fsp3) is 0. The zero-order valence-electron chi connectivity index (χ0n) is 20.5. The highest BCUT2D eigenvalue weighted by Crippen LogP contribution is 2.34. The van der Waals surface area contributed by atoms with Crippen molar-refractivity contribution in [2.45, 2.75) is 0 Å². The van der Waals surface area contributed by atoms with Crippen molar-refractivity contribution in [2.24, 2.45) is 0 Å². The summed E-state index contributed by atoms with van der Waals surface area (Å²) in [6, 6.07) is 40.1. The summed E-state index contributed by atoms with van der Waals surface area (Å²) in [7, 11) is 0. The van der Waals surface area contributed by atoms with E-state index >= 15 is 0 Å². The predicted octanol–water partition coefficient (Wildman–Crippen LogP) is 7.94. The molecule has 4 heterocycles. The smallest absolute Gasteiger partial charge is 0.220 e. The van der Waals surface area contributed by atoms with Gasteiger partial charge in [-0.25, -0.2) is 9.97 Å². The highest BCUT2D eigenvalue weighted by molar-refractivity contribution is 9.10. The van der Waals surface area contributed by atoms with Gasteiger partial charge in [-0.15, -0.1) is 0 Å². The number of benzene rings is 5. The summed E-state index contributed by atoms with van der Waals surface area (Å²) < 4.78 is 9.96. The molecule has 0 saturated carbocycles. The van der Waals surface area contributed by atoms with Gasteiger partial charge < -0.3 is 0 Å². The van der Waals surface area contributed by atoms with Crippen LogP contribution in [0.1, 0.15) is 0 Å². The summed E-state index contributed by atoms with van der Waals surface area (Å²) in [6.45, 7) is 0. The van der Waals surface area contributed by atoms with E-state index in [4.69, 9.17) is 9.97 Å². The fourth-order valence-corrected chi connectivity index (χ4v) is 6.50. The summed E-state index contributed by atoms with van der Waals surface area (Å²) in [5, 5.41) is 0. The fourth-order valence-electron chi connectivity index (χ4n) is 6.03. The van der Waals surface area contributed by atoms with E-state index in [2.05, 4.69) is 137 Å². The second-order valence-electron chi connectivity index (χ2n) is 9.79. The molecule has 0 fully saturated rings. The number of para-hydroxylation sites is 8. The Morgan fingerprint density at radius 3 is 1.28 bits per heavy atom. The lowest BCUT2D eigenvalue weighted by Crippen LogP contribution is -2.00. The molecule has 0 N–H and O–H groups in total. The topological polar surface area (TPSA) is 44.5 Å². The van der Waals surface area contributed by atoms with Crippen LogP contribution in [0, 0.1) is 0 Å². The summed E-state index contributed by atoms with van der Waals surface area (Å²) in [4.78, 5) is 10.1. The van der Waals surface area contributed by atoms with Crippen LogP contribution in [-0.2, 0) is 0 Å². The van der Waals surface area contributed by atoms with Gasteiger partial charge >= 0.3 is 0 Å². The molecule has 5 aromatic carbocycles. The average molecular weight is 567 g/mol. The third-order valence-electron chi connectivity index (χ3n) is 7.60. The Kier molecular flexibility index (Phi) is 4.10. The van der Waals surface area contributed by atoms with Crippen LogP contribution in [-0.4, -0.2) is 27.9 Å². The SMILES string of the molecule is Brc1cc(-n2c3ccccc3n3c4ccccc4nc23)cc(-n2c3ccccc3n3c4ccccc4nc23)c1. The van der Waals surface area contributed by atoms with E-state index in [1.807, 2.05) is 12.1 Å². The standard InChI is InChI=1S/C32H19BrN6/c33-20-17-21(36-27-13-5-7-15-29(27)38-25-11-3-1-9-23(25)34-31(36)38)19-22(18-20)37-28-14-6-8-16-30(28)39-26-12-4-2-10-24(26)35-32(37)39/h1-19H. The van der Waals surface area contributed by atoms with Crippen molar-refractivity contribution in [3.63, 3.8) is 0 Å². The van der Waals surface area contributed by atoms with Gasteiger partial charge in [0, 0.05) is 4.47 Å². The van der Waals surface area contributed by atoms with E-state index in [0.717, 1.165) is 71.5 Å². The third kappa shape index (κ3) is 2.80. The van der Waals surface area contributed by atoms with Crippen LogP contribution < -0.4 is 0 Å². The maximum Gasteiger partial charge on any atom is 0.220 e. The van der Waals surface area contributed by atoms with E-state index in [1.165, 1.54) is 0 Å². The molecule has 39 heavy (non-hydrogen) atoms. The second kappa shape index (κ2) is 7.58. The molecule has 0 aliphatic carbocycles. The van der Waals surface area contributed by atoms with Gasteiger partial charge in [-0.2, -0.15) is 0 Å². The van der Waals surface area contributed by atoms with Gasteiger partial charge in [0.05, 0.1) is 55.5 Å². The van der Waals surface area contributed by atoms with Gasteiger partial charge in [-0.1, -0.05) is 64.5 Å². The number of rotatable bonds is 2. The van der Waals surface area contributed by atoms with Gasteiger partial charge in [0.2, 0.25) is 11.6 Å². The molecule has 0 amide bonds. The Labute approximate surface area is 230 Å². The molecule has 0 bridgehead atoms. The lowest BCUT2D eigenvalue weighted by atomic mass is 10.2. The third-order valence-corrected chi connectivity index (χ3v) is 8.05. The molecule has 184 valence electrons. The minimum atomic E-state index is 0.885. The van der Waals surface area contributed by atoms with Crippen LogP contribution in [0.2, 0.25) is 0 Å². The molecule has 4 aromatic heterocycles. The van der Waals surface area contributed by atoms with Crippen molar-refractivity contribution in [3.8, 4) is 11.4 Å². The zero-order valence-corrected chi connectivity index (χ0v) is 22.1. The molecule has 9 aromatic rings. The first kappa shape index (κ1) is 21.1. The molecule has 0 unspecified atom stereocenters. The average Bonchev–Trinajstić information content (AvgIpc) is 3.68. The number of imidazole rings is 4. The summed E-state index contributed by atoms with van der Waals surface area (Å²) in [5.74, 6) is 1.77. The minimum absolute atomic E-state index is 0.885. The number of aromatic nitrogens is 6. The number of hydrogen-bond acceptors (Lipinski definition) is 2. The monoisotopic (exact) mass is 566 g/mol. The van der Waals surface area contributed by atoms with Crippen molar-refractivity contribution < 1.29 is 0 Å². The van der Waals surface area contributed by atoms with Crippen LogP contribution in [0.3, 0.4) is 0 Å². The first-order valence-corrected chi connectivity index (χ1v) is 13.6. The zero-order chi connectivity index (χ0) is 25.7. The van der Waals surface area contributed by atoms with Gasteiger partial charge in [0.15, 0.2) is 0 Å². The van der Waals surface area contributed by atoms with Crippen LogP contribution in [0.25, 0.3) is 67.1 Å². The Morgan fingerprint density at radius 2 is 0.821 bits per heavy atom. The first-order chi connectivity index (χ1) is 19.3. The molecule has 0 radical (unpaired) electrons. The number of fused-ring (bicyclic) bond motifs is 10. The van der Waals surface area contributed by atoms with Crippen LogP contribution in [0.4, 0.5) is 0 Å². The van der Waals surface area contributed by atoms with Crippen molar-refractivity contribution in [2.75, 3.05) is 0 Å². The molecule has 0 spiro atoms. The highest BCUT2D eigenvalue weighted by Gasteiger charge is 2.20. The molecular formula is C32H19BrN6. The largest absolute Gasteiger partial charge is 0.278 e. The molecule has 9 rings (SSSR count). The van der Waals surface area contributed by atoms with E-state index in [-0.39, 0.29) is 0 Å². The van der Waals surface area contributed by atoms with E-state index in [0.29, 0.717) is 0 Å². The van der Waals surface area contributed by atoms with Gasteiger partial charge in [0.1, 0.15) is 0 Å². The number of nitrogens with zero attached hydrogens (tertiary/aromatic N) is 6. The lowest BCUT2D eigenvalue weighted by molar-refractivity contribution is 1.07. The number of halogens is 1. The summed E-state index contributed by atoms with van der Waals surface area (Å²) in [6.07, 6.45) is 0. The second-order valence-corrected chi connectivity index (χ2v) is 10.7. The van der Waals surface area contributed by atoms with E-state index in [9.17, 15) is 0 Å². The molecule has 6 nitrogen and oxygen atoms in total. The maximum atomic E-state index is 5.07. The maximum absolute atomic E-state index is 5.07. The molecule has 7 heteroatoms. The first-order valence-electron chi connectivity index (χ1n) is 12.8. The van der Waals surface area contributed by atoms with Crippen LogP contribution >= 0.6 is 15.9 Å². The Bertz CT molecular complexity index is 2250. The van der Waals surface area contributed by atoms with Gasteiger partial charge in [-0.05, 0) is 66.7 Å². The van der Waals surface area contributed by atoms with Gasteiger partial charge in [0.25, 0.3) is 0 Å². The predicted molar refractivity (Wildman–Crippen MR) is 160 cm³/mol. The van der Waals surface area contributed by atoms with Crippen molar-refractivity contribution in [3.05, 3.63) is 120 Å². The Balaban J connectivity index is 1.40. The minimum Gasteiger partial charge on any atom is -0.278 e. The normalized spacial score (nSPS) is 12.2. The molecular weight excluding hydrogens is 548 g/mol. The molecule has 0 atom stereocenters. The number of hydrogen-bond donors (Lipinski definition) is 0. The van der Waals surface area contributed by atoms with Crippen LogP contribution in [0.5, 0.6) is 0 Å². The van der Waals surface area contributed by atoms with Crippen molar-refractivity contribution in [1.82, 2.24) is 27.9 Å². The van der Waals surface area contributed by atoms with Crippen LogP contribution in [0.15, 0.2) is 120 Å². The van der Waals surface area contributed by atoms with Gasteiger partial charge in [-0.3, -0.25) is 17.9 Å². The lowest BCUT2D eigenvalue weighted by Gasteiger charge is -2.11. The highest BCUT2D eigenvalue weighted by atomic mass is 79.9.